The predicted octanol–water partition coefficient (Wildman–Crippen LogP) is 5.61. The Balaban J connectivity index is 1.90. The quantitative estimate of drug-likeness (QED) is 0.116. The van der Waals surface area contributed by atoms with E-state index in [1.807, 2.05) is 0 Å². The molecule has 0 heterocycles. The molecule has 0 aromatic heterocycles. The largest absolute Gasteiger partial charge is 0.490 e. The Labute approximate surface area is 221 Å². The molecule has 3 aromatic carbocycles. The van der Waals surface area contributed by atoms with Crippen LogP contribution in [0.4, 0.5) is 11.4 Å². The predicted molar refractivity (Wildman–Crippen MR) is 137 cm³/mol. The number of nitro groups is 1. The number of halogens is 2. The second-order valence-electron chi connectivity index (χ2n) is 7.16. The molecular weight excluding hydrogens is 545 g/mol. The van der Waals surface area contributed by atoms with Crippen molar-refractivity contribution < 1.29 is 27.1 Å². The molecule has 0 radical (unpaired) electrons. The lowest BCUT2D eigenvalue weighted by molar-refractivity contribution is -0.384. The fourth-order valence-corrected chi connectivity index (χ4v) is 4.52. The Morgan fingerprint density at radius 2 is 1.76 bits per heavy atom. The van der Waals surface area contributed by atoms with Crippen LogP contribution in [0.3, 0.4) is 0 Å². The van der Waals surface area contributed by atoms with E-state index in [1.165, 1.54) is 36.4 Å². The molecule has 0 unspecified atom stereocenters. The summed E-state index contributed by atoms with van der Waals surface area (Å²) in [6.45, 7) is 1.86. The van der Waals surface area contributed by atoms with Crippen molar-refractivity contribution in [3.63, 3.8) is 0 Å². The Morgan fingerprint density at radius 3 is 2.32 bits per heavy atom. The fraction of sp³-hybridized carbons (Fsp3) is 0.0833. The Bertz CT molecular complexity index is 1510. The standard InChI is InChI=1S/C24H17Cl2N3O7S/c1-2-35-22-11-15(8-9-21(22)36-37(33,34)18-6-4-3-5-7-18)10-16(14-27)24(30)28-23-19(25)12-17(29(31)32)13-20(23)26/h3-13H,2H2,1H3,(H,28,30)/b16-10+. The van der Waals surface area contributed by atoms with Crippen LogP contribution in [0.1, 0.15) is 12.5 Å². The van der Waals surface area contributed by atoms with Crippen LogP contribution in [-0.2, 0) is 14.9 Å². The maximum absolute atomic E-state index is 12.7. The van der Waals surface area contributed by atoms with E-state index < -0.39 is 20.9 Å². The summed E-state index contributed by atoms with van der Waals surface area (Å²) >= 11 is 12.0. The van der Waals surface area contributed by atoms with Crippen LogP contribution in [0, 0.1) is 21.4 Å². The van der Waals surface area contributed by atoms with Crippen molar-refractivity contribution in [3.05, 3.63) is 92.0 Å². The van der Waals surface area contributed by atoms with Gasteiger partial charge in [-0.25, -0.2) is 0 Å². The summed E-state index contributed by atoms with van der Waals surface area (Å²) in [5.74, 6) is -0.907. The molecule has 13 heteroatoms. The minimum Gasteiger partial charge on any atom is -0.490 e. The van der Waals surface area contributed by atoms with Gasteiger partial charge in [0.25, 0.3) is 11.6 Å². The van der Waals surface area contributed by atoms with Crippen LogP contribution in [0.25, 0.3) is 6.08 Å². The number of amides is 1. The highest BCUT2D eigenvalue weighted by atomic mass is 35.5. The van der Waals surface area contributed by atoms with Gasteiger partial charge in [-0.3, -0.25) is 14.9 Å². The number of nitrogens with zero attached hydrogens (tertiary/aromatic N) is 2. The van der Waals surface area contributed by atoms with E-state index in [2.05, 4.69) is 5.32 Å². The van der Waals surface area contributed by atoms with Gasteiger partial charge in [-0.05, 0) is 42.8 Å². The van der Waals surface area contributed by atoms with Crippen LogP contribution < -0.4 is 14.2 Å². The topological polar surface area (TPSA) is 149 Å². The number of non-ortho nitro benzene ring substituents is 1. The normalized spacial score (nSPS) is 11.4. The zero-order chi connectivity index (χ0) is 27.2. The SMILES string of the molecule is CCOc1cc(/C=C(\C#N)C(=O)Nc2c(Cl)cc([N+](=O)[O-])cc2Cl)ccc1OS(=O)(=O)c1ccccc1. The van der Waals surface area contributed by atoms with Crippen molar-refractivity contribution in [1.82, 2.24) is 0 Å². The van der Waals surface area contributed by atoms with Gasteiger partial charge in [0.1, 0.15) is 16.5 Å². The zero-order valence-electron chi connectivity index (χ0n) is 19.0. The molecule has 0 aliphatic rings. The van der Waals surface area contributed by atoms with E-state index in [0.29, 0.717) is 5.56 Å². The summed E-state index contributed by atoms with van der Waals surface area (Å²) in [6, 6.07) is 15.5. The van der Waals surface area contributed by atoms with E-state index in [4.69, 9.17) is 32.1 Å². The van der Waals surface area contributed by atoms with E-state index in [-0.39, 0.29) is 50.0 Å². The van der Waals surface area contributed by atoms with Crippen LogP contribution >= 0.6 is 23.2 Å². The molecule has 0 bridgehead atoms. The van der Waals surface area contributed by atoms with Gasteiger partial charge in [0.05, 0.1) is 27.3 Å². The first-order valence-corrected chi connectivity index (χ1v) is 12.5. The van der Waals surface area contributed by atoms with Gasteiger partial charge < -0.3 is 14.2 Å². The first-order valence-electron chi connectivity index (χ1n) is 10.4. The minimum atomic E-state index is -4.14. The van der Waals surface area contributed by atoms with Crippen LogP contribution in [0.2, 0.25) is 10.0 Å². The van der Waals surface area contributed by atoms with Gasteiger partial charge in [-0.1, -0.05) is 47.5 Å². The molecule has 3 aromatic rings. The van der Waals surface area contributed by atoms with Crippen molar-refractivity contribution in [2.75, 3.05) is 11.9 Å². The molecule has 37 heavy (non-hydrogen) atoms. The molecule has 0 saturated carbocycles. The maximum atomic E-state index is 12.7. The van der Waals surface area contributed by atoms with Gasteiger partial charge in [-0.15, -0.1) is 0 Å². The molecule has 0 spiro atoms. The van der Waals surface area contributed by atoms with Crippen molar-refractivity contribution in [3.8, 4) is 17.6 Å². The number of ether oxygens (including phenoxy) is 1. The number of nitrogens with one attached hydrogen (secondary N) is 1. The third kappa shape index (κ3) is 6.77. The first-order chi connectivity index (χ1) is 17.6. The second kappa shape index (κ2) is 11.7. The number of rotatable bonds is 9. The van der Waals surface area contributed by atoms with Crippen molar-refractivity contribution in [2.45, 2.75) is 11.8 Å². The number of hydrogen-bond donors (Lipinski definition) is 1. The lowest BCUT2D eigenvalue weighted by Crippen LogP contribution is -2.14. The van der Waals surface area contributed by atoms with E-state index in [9.17, 15) is 28.6 Å². The Morgan fingerprint density at radius 1 is 1.11 bits per heavy atom. The summed E-state index contributed by atoms with van der Waals surface area (Å²) in [4.78, 5) is 22.9. The Kier molecular flexibility index (Phi) is 8.73. The molecule has 0 atom stereocenters. The van der Waals surface area contributed by atoms with Gasteiger partial charge in [0.15, 0.2) is 11.5 Å². The highest BCUT2D eigenvalue weighted by Gasteiger charge is 2.21. The van der Waals surface area contributed by atoms with Crippen LogP contribution in [0.5, 0.6) is 11.5 Å². The number of nitro benzene ring substituents is 1. The number of anilines is 1. The third-order valence-electron chi connectivity index (χ3n) is 4.65. The van der Waals surface area contributed by atoms with E-state index in [1.54, 1.807) is 31.2 Å². The van der Waals surface area contributed by atoms with Crippen molar-refractivity contribution in [1.29, 1.82) is 5.26 Å². The summed E-state index contributed by atoms with van der Waals surface area (Å²) in [5, 5.41) is 22.5. The van der Waals surface area contributed by atoms with Gasteiger partial charge in [-0.2, -0.15) is 13.7 Å². The first kappa shape index (κ1) is 27.5. The lowest BCUT2D eigenvalue weighted by Gasteiger charge is -2.13. The van der Waals surface area contributed by atoms with E-state index in [0.717, 1.165) is 12.1 Å². The fourth-order valence-electron chi connectivity index (χ4n) is 2.99. The average molecular weight is 562 g/mol. The molecule has 0 aliphatic heterocycles. The molecule has 10 nitrogen and oxygen atoms in total. The molecule has 190 valence electrons. The smallest absolute Gasteiger partial charge is 0.339 e. The highest BCUT2D eigenvalue weighted by Crippen LogP contribution is 2.35. The highest BCUT2D eigenvalue weighted by molar-refractivity contribution is 7.87. The zero-order valence-corrected chi connectivity index (χ0v) is 21.3. The van der Waals surface area contributed by atoms with Crippen LogP contribution in [0.15, 0.2) is 71.1 Å². The van der Waals surface area contributed by atoms with Crippen molar-refractivity contribution in [2.24, 2.45) is 0 Å². The molecule has 0 fully saturated rings. The number of carbonyl (C=O) groups excluding carboxylic acids is 1. The monoisotopic (exact) mass is 561 g/mol. The molecule has 0 saturated heterocycles. The molecule has 1 N–H and O–H groups in total. The molecule has 3 rings (SSSR count). The van der Waals surface area contributed by atoms with Gasteiger partial charge in [0.2, 0.25) is 0 Å². The van der Waals surface area contributed by atoms with Crippen LogP contribution in [-0.4, -0.2) is 25.9 Å². The summed E-state index contributed by atoms with van der Waals surface area (Å²) in [5.41, 5.74) is -0.520. The van der Waals surface area contributed by atoms with Gasteiger partial charge >= 0.3 is 10.1 Å². The second-order valence-corrected chi connectivity index (χ2v) is 9.52. The van der Waals surface area contributed by atoms with E-state index >= 15 is 0 Å². The number of hydrogen-bond acceptors (Lipinski definition) is 8. The molecular formula is C24H17Cl2N3O7S. The molecule has 0 aliphatic carbocycles. The minimum absolute atomic E-state index is 0.0478. The average Bonchev–Trinajstić information content (AvgIpc) is 2.86. The number of carbonyl (C=O) groups is 1. The molecule has 1 amide bonds. The summed E-state index contributed by atoms with van der Waals surface area (Å²) < 4.78 is 35.9. The lowest BCUT2D eigenvalue weighted by atomic mass is 10.1. The summed E-state index contributed by atoms with van der Waals surface area (Å²) in [6.07, 6.45) is 1.22. The Hall–Kier alpha value is -4.11. The maximum Gasteiger partial charge on any atom is 0.339 e. The van der Waals surface area contributed by atoms with Gasteiger partial charge in [0, 0.05) is 12.1 Å². The van der Waals surface area contributed by atoms with Crippen molar-refractivity contribution >= 4 is 56.7 Å². The number of nitriles is 1. The third-order valence-corrected chi connectivity index (χ3v) is 6.50. The summed E-state index contributed by atoms with van der Waals surface area (Å²) in [7, 11) is -4.14. The number of benzene rings is 3.